The maximum absolute atomic E-state index is 14.8. The molecule has 0 radical (unpaired) electrons. The Labute approximate surface area is 241 Å². The minimum Gasteiger partial charge on any atom is -0.352 e. The molecule has 2 atom stereocenters. The Kier molecular flexibility index (Phi) is 10.7. The van der Waals surface area contributed by atoms with E-state index in [1.54, 1.807) is 25.1 Å². The van der Waals surface area contributed by atoms with E-state index in [-0.39, 0.29) is 30.3 Å². The molecule has 214 valence electrons. The van der Waals surface area contributed by atoms with Crippen molar-refractivity contribution in [1.82, 2.24) is 10.2 Å². The molecule has 0 saturated carbocycles. The standard InChI is InChI=1S/C30H35ClFN3O4S/c1-5-22(3)33-30(37)28(17-23-11-7-6-8-12-23)34(19-24-13-9-10-14-26(24)32)29(36)20-35(40(4,38)39)27-18-25(31)16-15-21(27)2/h6-16,18,22,28H,5,17,19-20H2,1-4H3,(H,33,37)/t22-,28-/m1/s1. The van der Waals surface area contributed by atoms with Crippen LogP contribution in [0.2, 0.25) is 5.02 Å². The zero-order valence-corrected chi connectivity index (χ0v) is 24.7. The maximum Gasteiger partial charge on any atom is 0.244 e. The Balaban J connectivity index is 2.10. The molecule has 0 fully saturated rings. The van der Waals surface area contributed by atoms with E-state index in [2.05, 4.69) is 5.32 Å². The molecule has 0 unspecified atom stereocenters. The molecule has 7 nitrogen and oxygen atoms in total. The molecule has 0 aromatic heterocycles. The molecule has 0 spiro atoms. The van der Waals surface area contributed by atoms with Crippen LogP contribution in [0.4, 0.5) is 10.1 Å². The van der Waals surface area contributed by atoms with E-state index in [1.807, 2.05) is 44.2 Å². The van der Waals surface area contributed by atoms with Crippen molar-refractivity contribution in [3.05, 3.63) is 100 Å². The Morgan fingerprint density at radius 3 is 2.30 bits per heavy atom. The molecular formula is C30H35ClFN3O4S. The average molecular weight is 588 g/mol. The number of sulfonamides is 1. The number of rotatable bonds is 12. The van der Waals surface area contributed by atoms with Crippen LogP contribution in [0.3, 0.4) is 0 Å². The SMILES string of the molecule is CC[C@@H](C)NC(=O)[C@@H](Cc1ccccc1)N(Cc1ccccc1F)C(=O)CN(c1cc(Cl)ccc1C)S(C)(=O)=O. The number of carbonyl (C=O) groups is 2. The number of nitrogens with zero attached hydrogens (tertiary/aromatic N) is 2. The van der Waals surface area contributed by atoms with E-state index in [0.29, 0.717) is 17.0 Å². The first kappa shape index (κ1) is 31.1. The molecule has 3 rings (SSSR count). The van der Waals surface area contributed by atoms with E-state index < -0.39 is 40.2 Å². The number of aryl methyl sites for hydroxylation is 1. The lowest BCUT2D eigenvalue weighted by Gasteiger charge is -2.34. The van der Waals surface area contributed by atoms with Crippen LogP contribution in [-0.2, 0) is 32.6 Å². The van der Waals surface area contributed by atoms with Crippen LogP contribution < -0.4 is 9.62 Å². The van der Waals surface area contributed by atoms with Crippen LogP contribution in [0.25, 0.3) is 0 Å². The van der Waals surface area contributed by atoms with Crippen LogP contribution >= 0.6 is 11.6 Å². The van der Waals surface area contributed by atoms with Crippen LogP contribution in [0.1, 0.15) is 37.0 Å². The first-order chi connectivity index (χ1) is 18.9. The van der Waals surface area contributed by atoms with Gasteiger partial charge in [-0.1, -0.05) is 73.1 Å². The van der Waals surface area contributed by atoms with Gasteiger partial charge in [0.05, 0.1) is 11.9 Å². The van der Waals surface area contributed by atoms with Gasteiger partial charge < -0.3 is 10.2 Å². The van der Waals surface area contributed by atoms with Gasteiger partial charge in [-0.15, -0.1) is 0 Å². The number of halogens is 2. The van der Waals surface area contributed by atoms with Gasteiger partial charge in [0.1, 0.15) is 18.4 Å². The fraction of sp³-hybridized carbons (Fsp3) is 0.333. The lowest BCUT2D eigenvalue weighted by molar-refractivity contribution is -0.140. The van der Waals surface area contributed by atoms with Crippen molar-refractivity contribution in [3.8, 4) is 0 Å². The number of amides is 2. The zero-order valence-electron chi connectivity index (χ0n) is 23.1. The number of nitrogens with one attached hydrogen (secondary N) is 1. The number of anilines is 1. The lowest BCUT2D eigenvalue weighted by atomic mass is 10.0. The van der Waals surface area contributed by atoms with Crippen molar-refractivity contribution >= 4 is 39.1 Å². The molecule has 0 saturated heterocycles. The van der Waals surface area contributed by atoms with E-state index in [1.165, 1.54) is 29.2 Å². The van der Waals surface area contributed by atoms with Crippen LogP contribution in [0.15, 0.2) is 72.8 Å². The lowest BCUT2D eigenvalue weighted by Crippen LogP contribution is -2.54. The number of carbonyl (C=O) groups excluding carboxylic acids is 2. The highest BCUT2D eigenvalue weighted by molar-refractivity contribution is 7.92. The second kappa shape index (κ2) is 13.8. The molecule has 0 aliphatic rings. The Morgan fingerprint density at radius 1 is 1.02 bits per heavy atom. The van der Waals surface area contributed by atoms with E-state index in [0.717, 1.165) is 16.1 Å². The fourth-order valence-electron chi connectivity index (χ4n) is 4.25. The molecule has 3 aromatic rings. The van der Waals surface area contributed by atoms with Crippen molar-refractivity contribution < 1.29 is 22.4 Å². The summed E-state index contributed by atoms with van der Waals surface area (Å²) < 4.78 is 41.6. The summed E-state index contributed by atoms with van der Waals surface area (Å²) in [6, 6.07) is 18.7. The van der Waals surface area contributed by atoms with Gasteiger partial charge in [0.25, 0.3) is 0 Å². The van der Waals surface area contributed by atoms with Crippen molar-refractivity contribution in [2.45, 2.75) is 52.2 Å². The van der Waals surface area contributed by atoms with Crippen molar-refractivity contribution in [1.29, 1.82) is 0 Å². The summed E-state index contributed by atoms with van der Waals surface area (Å²) in [6.07, 6.45) is 1.82. The molecule has 10 heteroatoms. The second-order valence-corrected chi connectivity index (χ2v) is 12.2. The van der Waals surface area contributed by atoms with Gasteiger partial charge in [-0.05, 0) is 49.6 Å². The topological polar surface area (TPSA) is 86.8 Å². The minimum absolute atomic E-state index is 0.151. The fourth-order valence-corrected chi connectivity index (χ4v) is 5.32. The summed E-state index contributed by atoms with van der Waals surface area (Å²) in [4.78, 5) is 29.0. The highest BCUT2D eigenvalue weighted by Crippen LogP contribution is 2.27. The first-order valence-electron chi connectivity index (χ1n) is 13.0. The molecule has 0 aliphatic carbocycles. The summed E-state index contributed by atoms with van der Waals surface area (Å²) >= 11 is 6.17. The van der Waals surface area contributed by atoms with Gasteiger partial charge in [0, 0.05) is 29.6 Å². The van der Waals surface area contributed by atoms with Crippen LogP contribution in [0.5, 0.6) is 0 Å². The summed E-state index contributed by atoms with van der Waals surface area (Å²) in [5.74, 6) is -1.60. The van der Waals surface area contributed by atoms with Crippen LogP contribution in [0, 0.1) is 12.7 Å². The second-order valence-electron chi connectivity index (χ2n) is 9.84. The quantitative estimate of drug-likeness (QED) is 0.319. The van der Waals surface area contributed by atoms with Gasteiger partial charge >= 0.3 is 0 Å². The van der Waals surface area contributed by atoms with Crippen molar-refractivity contribution in [2.75, 3.05) is 17.1 Å². The molecule has 2 amide bonds. The molecule has 40 heavy (non-hydrogen) atoms. The third-order valence-electron chi connectivity index (χ3n) is 6.69. The summed E-state index contributed by atoms with van der Waals surface area (Å²) in [6.45, 7) is 4.66. The highest BCUT2D eigenvalue weighted by Gasteiger charge is 2.34. The molecular weight excluding hydrogens is 553 g/mol. The monoisotopic (exact) mass is 587 g/mol. The number of hydrogen-bond donors (Lipinski definition) is 1. The van der Waals surface area contributed by atoms with Crippen LogP contribution in [-0.4, -0.2) is 50.0 Å². The van der Waals surface area contributed by atoms with E-state index in [4.69, 9.17) is 11.6 Å². The third kappa shape index (κ3) is 8.29. The Morgan fingerprint density at radius 2 is 1.68 bits per heavy atom. The van der Waals surface area contributed by atoms with Gasteiger partial charge in [0.15, 0.2) is 0 Å². The molecule has 0 bridgehead atoms. The van der Waals surface area contributed by atoms with E-state index >= 15 is 0 Å². The van der Waals surface area contributed by atoms with Gasteiger partial charge in [-0.2, -0.15) is 0 Å². The summed E-state index contributed by atoms with van der Waals surface area (Å²) in [5.41, 5.74) is 1.84. The molecule has 0 aliphatic heterocycles. The number of benzene rings is 3. The van der Waals surface area contributed by atoms with Crippen molar-refractivity contribution in [3.63, 3.8) is 0 Å². The Bertz CT molecular complexity index is 1440. The summed E-state index contributed by atoms with van der Waals surface area (Å²) in [7, 11) is -3.94. The molecule has 1 N–H and O–H groups in total. The number of hydrogen-bond acceptors (Lipinski definition) is 4. The predicted octanol–water partition coefficient (Wildman–Crippen LogP) is 5.11. The normalized spacial score (nSPS) is 12.8. The predicted molar refractivity (Wildman–Crippen MR) is 157 cm³/mol. The van der Waals surface area contributed by atoms with Gasteiger partial charge in [-0.3, -0.25) is 13.9 Å². The molecule has 3 aromatic carbocycles. The Hall–Kier alpha value is -3.43. The van der Waals surface area contributed by atoms with E-state index in [9.17, 15) is 22.4 Å². The maximum atomic E-state index is 14.8. The zero-order chi connectivity index (χ0) is 29.4. The van der Waals surface area contributed by atoms with Crippen molar-refractivity contribution in [2.24, 2.45) is 0 Å². The minimum atomic E-state index is -3.94. The summed E-state index contributed by atoms with van der Waals surface area (Å²) in [5, 5.41) is 3.25. The largest absolute Gasteiger partial charge is 0.352 e. The van der Waals surface area contributed by atoms with Gasteiger partial charge in [0.2, 0.25) is 21.8 Å². The van der Waals surface area contributed by atoms with Gasteiger partial charge in [-0.25, -0.2) is 12.8 Å². The average Bonchev–Trinajstić information content (AvgIpc) is 2.91. The third-order valence-corrected chi connectivity index (χ3v) is 8.05. The highest BCUT2D eigenvalue weighted by atomic mass is 35.5. The smallest absolute Gasteiger partial charge is 0.244 e. The first-order valence-corrected chi connectivity index (χ1v) is 15.2. The molecule has 0 heterocycles.